The van der Waals surface area contributed by atoms with Crippen LogP contribution < -0.4 is 14.2 Å². The summed E-state index contributed by atoms with van der Waals surface area (Å²) in [5.74, 6) is 1.26. The SMILES string of the molecule is CCOc1cccc(C2(O)CCC(OC(=O)c3cc(OC)cc(OC)c3)CC2CN(C)C)c1. The first-order chi connectivity index (χ1) is 15.8. The van der Waals surface area contributed by atoms with E-state index in [-0.39, 0.29) is 12.0 Å². The molecule has 33 heavy (non-hydrogen) atoms. The number of esters is 1. The Labute approximate surface area is 196 Å². The van der Waals surface area contributed by atoms with Crippen molar-refractivity contribution in [3.05, 3.63) is 53.6 Å². The third kappa shape index (κ3) is 5.97. The molecule has 180 valence electrons. The van der Waals surface area contributed by atoms with Gasteiger partial charge < -0.3 is 29.0 Å². The van der Waals surface area contributed by atoms with Crippen LogP contribution in [-0.2, 0) is 10.3 Å². The molecule has 2 aromatic rings. The van der Waals surface area contributed by atoms with Crippen LogP contribution in [0.3, 0.4) is 0 Å². The second kappa shape index (κ2) is 10.9. The molecule has 0 heterocycles. The van der Waals surface area contributed by atoms with Crippen molar-refractivity contribution in [3.63, 3.8) is 0 Å². The summed E-state index contributed by atoms with van der Waals surface area (Å²) in [5.41, 5.74) is 0.183. The largest absolute Gasteiger partial charge is 0.497 e. The third-order valence-corrected chi connectivity index (χ3v) is 6.16. The molecule has 1 saturated carbocycles. The number of carbonyl (C=O) groups is 1. The average molecular weight is 458 g/mol. The van der Waals surface area contributed by atoms with Crippen LogP contribution in [0, 0.1) is 5.92 Å². The predicted octanol–water partition coefficient (Wildman–Crippen LogP) is 3.88. The van der Waals surface area contributed by atoms with E-state index >= 15 is 0 Å². The summed E-state index contributed by atoms with van der Waals surface area (Å²) in [7, 11) is 7.04. The number of ether oxygens (including phenoxy) is 4. The molecule has 0 saturated heterocycles. The number of nitrogens with zero attached hydrogens (tertiary/aromatic N) is 1. The fraction of sp³-hybridized carbons (Fsp3) is 0.500. The maximum atomic E-state index is 12.9. The van der Waals surface area contributed by atoms with Crippen LogP contribution in [0.4, 0.5) is 0 Å². The molecule has 3 rings (SSSR count). The van der Waals surface area contributed by atoms with E-state index in [0.717, 1.165) is 11.3 Å². The van der Waals surface area contributed by atoms with Gasteiger partial charge in [-0.1, -0.05) is 12.1 Å². The lowest BCUT2D eigenvalue weighted by molar-refractivity contribution is -0.0960. The average Bonchev–Trinajstić information content (AvgIpc) is 2.81. The Hall–Kier alpha value is -2.77. The molecular formula is C26H35NO6. The van der Waals surface area contributed by atoms with Crippen LogP contribution in [0.2, 0.25) is 0 Å². The van der Waals surface area contributed by atoms with Crippen molar-refractivity contribution in [2.75, 3.05) is 41.5 Å². The van der Waals surface area contributed by atoms with Gasteiger partial charge in [0.15, 0.2) is 0 Å². The highest BCUT2D eigenvalue weighted by atomic mass is 16.5. The van der Waals surface area contributed by atoms with E-state index in [9.17, 15) is 9.90 Å². The first-order valence-corrected chi connectivity index (χ1v) is 11.3. The van der Waals surface area contributed by atoms with Gasteiger partial charge in [-0.25, -0.2) is 4.79 Å². The summed E-state index contributed by atoms with van der Waals surface area (Å²) in [4.78, 5) is 15.0. The van der Waals surface area contributed by atoms with Crippen molar-refractivity contribution in [1.82, 2.24) is 4.90 Å². The van der Waals surface area contributed by atoms with Gasteiger partial charge in [0.1, 0.15) is 23.4 Å². The second-order valence-corrected chi connectivity index (χ2v) is 8.75. The number of methoxy groups -OCH3 is 2. The summed E-state index contributed by atoms with van der Waals surface area (Å²) in [5, 5.41) is 11.8. The lowest BCUT2D eigenvalue weighted by atomic mass is 9.70. The standard InChI is InChI=1S/C26H35NO6/c1-6-32-21-9-7-8-19(14-21)26(29)11-10-22(15-20(26)17-27(2)3)33-25(28)18-12-23(30-4)16-24(13-18)31-5/h7-9,12-14,16,20,22,29H,6,10-11,15,17H2,1-5H3. The zero-order valence-electron chi connectivity index (χ0n) is 20.2. The molecule has 1 N–H and O–H groups in total. The monoisotopic (exact) mass is 457 g/mol. The number of aliphatic hydroxyl groups is 1. The van der Waals surface area contributed by atoms with Crippen LogP contribution in [-0.4, -0.2) is 63.5 Å². The van der Waals surface area contributed by atoms with Gasteiger partial charge in [0.05, 0.1) is 32.0 Å². The molecule has 0 aromatic heterocycles. The van der Waals surface area contributed by atoms with Crippen LogP contribution in [0.5, 0.6) is 17.2 Å². The molecule has 0 bridgehead atoms. The van der Waals surface area contributed by atoms with Crippen LogP contribution in [0.1, 0.15) is 42.1 Å². The van der Waals surface area contributed by atoms with Crippen molar-refractivity contribution in [1.29, 1.82) is 0 Å². The number of hydrogen-bond donors (Lipinski definition) is 1. The Balaban J connectivity index is 1.79. The van der Waals surface area contributed by atoms with E-state index in [1.54, 1.807) is 18.2 Å². The van der Waals surface area contributed by atoms with Gasteiger partial charge in [0.25, 0.3) is 0 Å². The fourth-order valence-electron chi connectivity index (χ4n) is 4.54. The summed E-state index contributed by atoms with van der Waals surface area (Å²) in [6.07, 6.45) is 1.31. The Morgan fingerprint density at radius 1 is 1.09 bits per heavy atom. The number of hydrogen-bond acceptors (Lipinski definition) is 7. The summed E-state index contributed by atoms with van der Waals surface area (Å²) < 4.78 is 22.1. The zero-order valence-corrected chi connectivity index (χ0v) is 20.2. The minimum atomic E-state index is -1.03. The Bertz CT molecular complexity index is 924. The van der Waals surface area contributed by atoms with E-state index < -0.39 is 11.6 Å². The molecule has 0 aliphatic heterocycles. The highest BCUT2D eigenvalue weighted by molar-refractivity contribution is 5.90. The quantitative estimate of drug-likeness (QED) is 0.573. The summed E-state index contributed by atoms with van der Waals surface area (Å²) in [6, 6.07) is 12.7. The van der Waals surface area contributed by atoms with Crippen molar-refractivity contribution in [3.8, 4) is 17.2 Å². The summed E-state index contributed by atoms with van der Waals surface area (Å²) in [6.45, 7) is 3.17. The summed E-state index contributed by atoms with van der Waals surface area (Å²) >= 11 is 0. The van der Waals surface area contributed by atoms with E-state index in [0.29, 0.717) is 49.5 Å². The van der Waals surface area contributed by atoms with Gasteiger partial charge in [-0.15, -0.1) is 0 Å². The molecule has 7 heteroatoms. The molecule has 1 aliphatic carbocycles. The first-order valence-electron chi connectivity index (χ1n) is 11.3. The molecule has 1 fully saturated rings. The second-order valence-electron chi connectivity index (χ2n) is 8.75. The van der Waals surface area contributed by atoms with E-state index in [1.165, 1.54) is 14.2 Å². The molecule has 0 amide bonds. The van der Waals surface area contributed by atoms with Gasteiger partial charge >= 0.3 is 5.97 Å². The third-order valence-electron chi connectivity index (χ3n) is 6.16. The molecule has 0 radical (unpaired) electrons. The maximum absolute atomic E-state index is 12.9. The van der Waals surface area contributed by atoms with E-state index in [1.807, 2.05) is 45.3 Å². The minimum Gasteiger partial charge on any atom is -0.497 e. The number of benzene rings is 2. The smallest absolute Gasteiger partial charge is 0.338 e. The van der Waals surface area contributed by atoms with Crippen molar-refractivity contribution < 1.29 is 28.8 Å². The maximum Gasteiger partial charge on any atom is 0.338 e. The molecule has 0 spiro atoms. The fourth-order valence-corrected chi connectivity index (χ4v) is 4.54. The topological polar surface area (TPSA) is 77.5 Å². The lowest BCUT2D eigenvalue weighted by Crippen LogP contribution is -2.47. The Morgan fingerprint density at radius 2 is 1.79 bits per heavy atom. The van der Waals surface area contributed by atoms with Crippen LogP contribution in [0.15, 0.2) is 42.5 Å². The molecular weight excluding hydrogens is 422 g/mol. The highest BCUT2D eigenvalue weighted by Gasteiger charge is 2.44. The lowest BCUT2D eigenvalue weighted by Gasteiger charge is -2.44. The Kier molecular flexibility index (Phi) is 8.21. The van der Waals surface area contributed by atoms with Crippen molar-refractivity contribution >= 4 is 5.97 Å². The van der Waals surface area contributed by atoms with Gasteiger partial charge in [0, 0.05) is 18.5 Å². The van der Waals surface area contributed by atoms with Gasteiger partial charge in [-0.05, 0) is 70.1 Å². The highest BCUT2D eigenvalue weighted by Crippen LogP contribution is 2.44. The predicted molar refractivity (Wildman–Crippen MR) is 126 cm³/mol. The van der Waals surface area contributed by atoms with Crippen LogP contribution in [0.25, 0.3) is 0 Å². The van der Waals surface area contributed by atoms with Gasteiger partial charge in [-0.3, -0.25) is 0 Å². The first kappa shape index (κ1) is 24.9. The molecule has 7 nitrogen and oxygen atoms in total. The zero-order chi connectivity index (χ0) is 24.0. The van der Waals surface area contributed by atoms with Gasteiger partial charge in [-0.2, -0.15) is 0 Å². The van der Waals surface area contributed by atoms with Crippen LogP contribution >= 0.6 is 0 Å². The number of rotatable bonds is 9. The molecule has 3 unspecified atom stereocenters. The molecule has 3 atom stereocenters. The van der Waals surface area contributed by atoms with E-state index in [4.69, 9.17) is 18.9 Å². The van der Waals surface area contributed by atoms with Gasteiger partial charge in [0.2, 0.25) is 0 Å². The van der Waals surface area contributed by atoms with Crippen molar-refractivity contribution in [2.45, 2.75) is 37.9 Å². The Morgan fingerprint density at radius 3 is 2.39 bits per heavy atom. The minimum absolute atomic E-state index is 0.115. The normalized spacial score (nSPS) is 22.6. The van der Waals surface area contributed by atoms with E-state index in [2.05, 4.69) is 4.90 Å². The number of carbonyl (C=O) groups excluding carboxylic acids is 1. The molecule has 1 aliphatic rings. The molecule has 2 aromatic carbocycles. The van der Waals surface area contributed by atoms with Crippen molar-refractivity contribution in [2.24, 2.45) is 5.92 Å².